The van der Waals surface area contributed by atoms with Gasteiger partial charge >= 0.3 is 6.03 Å². The molecule has 2 heterocycles. The Morgan fingerprint density at radius 2 is 1.80 bits per heavy atom. The maximum atomic E-state index is 13.2. The van der Waals surface area contributed by atoms with E-state index >= 15 is 0 Å². The van der Waals surface area contributed by atoms with Gasteiger partial charge in [-0.2, -0.15) is 5.26 Å². The van der Waals surface area contributed by atoms with Gasteiger partial charge in [0.15, 0.2) is 0 Å². The molecule has 30 heavy (non-hydrogen) atoms. The third-order valence-corrected chi connectivity index (χ3v) is 5.81. The Balaban J connectivity index is 1.63. The average Bonchev–Trinajstić information content (AvgIpc) is 2.93. The van der Waals surface area contributed by atoms with Gasteiger partial charge in [-0.15, -0.1) is 0 Å². The van der Waals surface area contributed by atoms with Gasteiger partial charge in [-0.1, -0.05) is 26.0 Å². The number of imide groups is 1. The smallest absolute Gasteiger partial charge is 0.325 e. The number of benzene rings is 1. The predicted octanol–water partition coefficient (Wildman–Crippen LogP) is 1.29. The van der Waals surface area contributed by atoms with E-state index in [1.54, 1.807) is 4.90 Å². The number of hydrogen-bond donors (Lipinski definition) is 1. The molecule has 1 aromatic rings. The van der Waals surface area contributed by atoms with E-state index in [2.05, 4.69) is 11.4 Å². The van der Waals surface area contributed by atoms with E-state index in [9.17, 15) is 24.0 Å². The summed E-state index contributed by atoms with van der Waals surface area (Å²) in [6.45, 7) is 7.16. The third kappa shape index (κ3) is 4.00. The van der Waals surface area contributed by atoms with Gasteiger partial charge in [0.25, 0.3) is 5.91 Å². The summed E-state index contributed by atoms with van der Waals surface area (Å²) in [5, 5.41) is 12.0. The third-order valence-electron chi connectivity index (χ3n) is 5.81. The molecular formula is C21H26FN5O3. The summed E-state index contributed by atoms with van der Waals surface area (Å²) < 4.78 is 13.2. The summed E-state index contributed by atoms with van der Waals surface area (Å²) in [7, 11) is 0. The van der Waals surface area contributed by atoms with E-state index in [1.165, 1.54) is 31.2 Å². The van der Waals surface area contributed by atoms with Gasteiger partial charge in [0.2, 0.25) is 5.91 Å². The number of urea groups is 1. The Kier molecular flexibility index (Phi) is 6.08. The molecule has 0 aromatic heterocycles. The monoisotopic (exact) mass is 415 g/mol. The van der Waals surface area contributed by atoms with Crippen molar-refractivity contribution in [3.63, 3.8) is 0 Å². The highest BCUT2D eigenvalue weighted by Gasteiger charge is 2.49. The first-order valence-corrected chi connectivity index (χ1v) is 9.99. The van der Waals surface area contributed by atoms with Crippen molar-refractivity contribution in [3.05, 3.63) is 35.6 Å². The number of piperazine rings is 1. The number of nitriles is 1. The van der Waals surface area contributed by atoms with Crippen LogP contribution in [0.5, 0.6) is 0 Å². The van der Waals surface area contributed by atoms with Crippen molar-refractivity contribution in [2.75, 3.05) is 32.7 Å². The lowest BCUT2D eigenvalue weighted by molar-refractivity contribution is -0.140. The van der Waals surface area contributed by atoms with Crippen LogP contribution in [0.1, 0.15) is 26.3 Å². The van der Waals surface area contributed by atoms with Crippen LogP contribution >= 0.6 is 0 Å². The molecule has 2 atom stereocenters. The Hall–Kier alpha value is -2.99. The molecule has 0 aliphatic carbocycles. The SMILES string of the molecule is CC(C)C(C#N)N1CCN(C(=O)CN2C(=O)NC(C)(c3ccc(F)cc3)C2=O)CC1. The summed E-state index contributed by atoms with van der Waals surface area (Å²) in [5.41, 5.74) is -0.900. The molecule has 2 aliphatic heterocycles. The van der Waals surface area contributed by atoms with Gasteiger partial charge < -0.3 is 10.2 Å². The minimum Gasteiger partial charge on any atom is -0.339 e. The number of carbonyl (C=O) groups excluding carboxylic acids is 3. The maximum absolute atomic E-state index is 13.2. The minimum atomic E-state index is -1.35. The van der Waals surface area contributed by atoms with Crippen LogP contribution in [0.2, 0.25) is 0 Å². The number of amides is 4. The van der Waals surface area contributed by atoms with E-state index in [0.29, 0.717) is 31.7 Å². The fraction of sp³-hybridized carbons (Fsp3) is 0.524. The summed E-state index contributed by atoms with van der Waals surface area (Å²) in [4.78, 5) is 42.7. The molecule has 1 N–H and O–H groups in total. The minimum absolute atomic E-state index is 0.187. The lowest BCUT2D eigenvalue weighted by Crippen LogP contribution is -2.54. The molecule has 0 radical (unpaired) electrons. The van der Waals surface area contributed by atoms with Gasteiger partial charge in [-0.25, -0.2) is 9.18 Å². The molecule has 2 unspecified atom stereocenters. The average molecular weight is 415 g/mol. The van der Waals surface area contributed by atoms with Crippen molar-refractivity contribution in [2.24, 2.45) is 5.92 Å². The lowest BCUT2D eigenvalue weighted by atomic mass is 9.92. The highest BCUT2D eigenvalue weighted by atomic mass is 19.1. The molecule has 160 valence electrons. The normalized spacial score (nSPS) is 23.5. The molecule has 0 spiro atoms. The number of nitrogens with zero attached hydrogens (tertiary/aromatic N) is 4. The van der Waals surface area contributed by atoms with E-state index in [-0.39, 0.29) is 24.4 Å². The Labute approximate surface area is 175 Å². The van der Waals surface area contributed by atoms with Crippen LogP contribution in [-0.4, -0.2) is 71.3 Å². The van der Waals surface area contributed by atoms with Crippen molar-refractivity contribution in [1.82, 2.24) is 20.0 Å². The number of carbonyl (C=O) groups is 3. The quantitative estimate of drug-likeness (QED) is 0.731. The van der Waals surface area contributed by atoms with Crippen LogP contribution in [0, 0.1) is 23.1 Å². The Bertz CT molecular complexity index is 874. The van der Waals surface area contributed by atoms with Crippen molar-refractivity contribution in [3.8, 4) is 6.07 Å². The van der Waals surface area contributed by atoms with Crippen LogP contribution in [0.3, 0.4) is 0 Å². The van der Waals surface area contributed by atoms with E-state index in [1.807, 2.05) is 18.7 Å². The van der Waals surface area contributed by atoms with Gasteiger partial charge in [-0.05, 0) is 30.5 Å². The summed E-state index contributed by atoms with van der Waals surface area (Å²) >= 11 is 0. The largest absolute Gasteiger partial charge is 0.339 e. The number of nitrogens with one attached hydrogen (secondary N) is 1. The fourth-order valence-corrected chi connectivity index (χ4v) is 3.96. The zero-order valence-corrected chi connectivity index (χ0v) is 17.4. The van der Waals surface area contributed by atoms with Crippen LogP contribution in [-0.2, 0) is 15.1 Å². The zero-order chi connectivity index (χ0) is 22.1. The van der Waals surface area contributed by atoms with Crippen molar-refractivity contribution in [2.45, 2.75) is 32.4 Å². The summed E-state index contributed by atoms with van der Waals surface area (Å²) in [6, 6.07) is 6.78. The Morgan fingerprint density at radius 1 is 1.20 bits per heavy atom. The predicted molar refractivity (Wildman–Crippen MR) is 106 cm³/mol. The highest BCUT2D eigenvalue weighted by Crippen LogP contribution is 2.29. The maximum Gasteiger partial charge on any atom is 0.325 e. The topological polar surface area (TPSA) is 96.8 Å². The zero-order valence-electron chi connectivity index (χ0n) is 17.4. The molecular weight excluding hydrogens is 389 g/mol. The number of rotatable bonds is 5. The molecule has 0 bridgehead atoms. The molecule has 0 saturated carbocycles. The first-order valence-electron chi connectivity index (χ1n) is 9.99. The second-order valence-electron chi connectivity index (χ2n) is 8.19. The molecule has 2 aliphatic rings. The molecule has 4 amide bonds. The lowest BCUT2D eigenvalue weighted by Gasteiger charge is -2.38. The van der Waals surface area contributed by atoms with Gasteiger partial charge in [0.05, 0.1) is 6.07 Å². The number of halogens is 1. The van der Waals surface area contributed by atoms with Gasteiger partial charge in [0.1, 0.15) is 23.9 Å². The molecule has 2 saturated heterocycles. The van der Waals surface area contributed by atoms with Gasteiger partial charge in [-0.3, -0.25) is 19.4 Å². The first kappa shape index (κ1) is 21.7. The standard InChI is InChI=1S/C21H26FN5O3/c1-14(2)17(12-23)25-8-10-26(11-9-25)18(28)13-27-19(29)21(3,24-20(27)30)15-4-6-16(22)7-5-15/h4-7,14,17H,8-11,13H2,1-3H3,(H,24,30). The Morgan fingerprint density at radius 3 is 2.33 bits per heavy atom. The molecule has 2 fully saturated rings. The highest BCUT2D eigenvalue weighted by molar-refractivity contribution is 6.09. The van der Waals surface area contributed by atoms with Crippen LogP contribution < -0.4 is 5.32 Å². The molecule has 8 nitrogen and oxygen atoms in total. The van der Waals surface area contributed by atoms with E-state index in [0.717, 1.165) is 4.90 Å². The molecule has 9 heteroatoms. The number of hydrogen-bond acceptors (Lipinski definition) is 5. The van der Waals surface area contributed by atoms with Crippen LogP contribution in [0.4, 0.5) is 9.18 Å². The second kappa shape index (κ2) is 8.40. The summed E-state index contributed by atoms with van der Waals surface area (Å²) in [5.74, 6) is -1.12. The van der Waals surface area contributed by atoms with E-state index in [4.69, 9.17) is 0 Å². The molecule has 3 rings (SSSR count). The van der Waals surface area contributed by atoms with Crippen LogP contribution in [0.15, 0.2) is 24.3 Å². The first-order chi connectivity index (χ1) is 14.2. The van der Waals surface area contributed by atoms with Crippen LogP contribution in [0.25, 0.3) is 0 Å². The molecule has 1 aromatic carbocycles. The fourth-order valence-electron chi connectivity index (χ4n) is 3.96. The van der Waals surface area contributed by atoms with Gasteiger partial charge in [0, 0.05) is 26.2 Å². The summed E-state index contributed by atoms with van der Waals surface area (Å²) in [6.07, 6.45) is 0. The van der Waals surface area contributed by atoms with E-state index < -0.39 is 23.3 Å². The van der Waals surface area contributed by atoms with Crippen molar-refractivity contribution < 1.29 is 18.8 Å². The van der Waals surface area contributed by atoms with Crippen molar-refractivity contribution >= 4 is 17.8 Å². The van der Waals surface area contributed by atoms with Crippen molar-refractivity contribution in [1.29, 1.82) is 5.26 Å². The second-order valence-corrected chi connectivity index (χ2v) is 8.19.